The molecule has 2 N–H and O–H groups in total. The van der Waals surface area contributed by atoms with Gasteiger partial charge in [-0.15, -0.1) is 0 Å². The molecule has 2 heterocycles. The number of benzene rings is 2. The number of nitrogens with one attached hydrogen (secondary N) is 1. The average molecular weight is 346 g/mol. The van der Waals surface area contributed by atoms with E-state index < -0.39 is 0 Å². The van der Waals surface area contributed by atoms with Gasteiger partial charge in [0.2, 0.25) is 11.8 Å². The Morgan fingerprint density at radius 2 is 2.00 bits per heavy atom. The van der Waals surface area contributed by atoms with Gasteiger partial charge in [0.25, 0.3) is 0 Å². The Hall–Kier alpha value is -3.80. The Labute approximate surface area is 148 Å². The zero-order chi connectivity index (χ0) is 17.9. The number of para-hydroxylation sites is 2. The molecule has 2 aromatic carbocycles. The lowest BCUT2D eigenvalue weighted by atomic mass is 10.1. The van der Waals surface area contributed by atoms with E-state index in [0.29, 0.717) is 28.1 Å². The minimum Gasteiger partial charge on any atom is -0.507 e. The first kappa shape index (κ1) is 15.7. The van der Waals surface area contributed by atoms with Crippen molar-refractivity contribution in [3.8, 4) is 17.2 Å². The van der Waals surface area contributed by atoms with E-state index in [-0.39, 0.29) is 17.5 Å². The number of hydrogen-bond acceptors (Lipinski definition) is 5. The summed E-state index contributed by atoms with van der Waals surface area (Å²) in [4.78, 5) is 16.4. The number of furan rings is 1. The second-order valence-corrected chi connectivity index (χ2v) is 5.56. The van der Waals surface area contributed by atoms with Gasteiger partial charge in [-0.05, 0) is 48.5 Å². The maximum absolute atomic E-state index is 12.0. The molecule has 6 heteroatoms. The van der Waals surface area contributed by atoms with Gasteiger partial charge >= 0.3 is 0 Å². The maximum atomic E-state index is 12.0. The van der Waals surface area contributed by atoms with Crippen molar-refractivity contribution < 1.29 is 18.7 Å². The Kier molecular flexibility index (Phi) is 3.99. The number of hydrogen-bond donors (Lipinski definition) is 2. The fraction of sp³-hybridized carbons (Fsp3) is 0. The minimum absolute atomic E-state index is 0.0145. The van der Waals surface area contributed by atoms with Crippen molar-refractivity contribution in [3.05, 3.63) is 72.7 Å². The molecular weight excluding hydrogens is 332 g/mol. The molecule has 0 aliphatic carbocycles. The molecular formula is C20H14N2O4. The standard InChI is InChI=1S/C20H14N2O4/c23-17-9-7-13(21-19(24)10-8-14-4-3-11-25-14)12-15(17)20-22-16-5-1-2-6-18(16)26-20/h1-12,23H,(H,21,24)/b10-8+. The lowest BCUT2D eigenvalue weighted by Gasteiger charge is -2.05. The number of oxazole rings is 1. The van der Waals surface area contributed by atoms with Gasteiger partial charge in [0, 0.05) is 11.8 Å². The molecule has 6 nitrogen and oxygen atoms in total. The number of aromatic hydroxyl groups is 1. The Balaban J connectivity index is 1.58. The number of amides is 1. The summed E-state index contributed by atoms with van der Waals surface area (Å²) in [6.45, 7) is 0. The number of aromatic nitrogens is 1. The highest BCUT2D eigenvalue weighted by Gasteiger charge is 2.13. The van der Waals surface area contributed by atoms with Crippen LogP contribution in [0, 0.1) is 0 Å². The monoisotopic (exact) mass is 346 g/mol. The molecule has 4 aromatic rings. The fourth-order valence-corrected chi connectivity index (χ4v) is 2.50. The highest BCUT2D eigenvalue weighted by atomic mass is 16.3. The Bertz CT molecular complexity index is 1060. The van der Waals surface area contributed by atoms with Crippen molar-refractivity contribution in [1.29, 1.82) is 0 Å². The molecule has 0 aliphatic heterocycles. The second-order valence-electron chi connectivity index (χ2n) is 5.56. The van der Waals surface area contributed by atoms with Gasteiger partial charge in [-0.1, -0.05) is 12.1 Å². The van der Waals surface area contributed by atoms with Gasteiger partial charge < -0.3 is 19.3 Å². The number of rotatable bonds is 4. The first-order valence-electron chi connectivity index (χ1n) is 7.90. The van der Waals surface area contributed by atoms with Crippen molar-refractivity contribution in [2.24, 2.45) is 0 Å². The van der Waals surface area contributed by atoms with Crippen LogP contribution in [0.15, 0.2) is 75.8 Å². The number of fused-ring (bicyclic) bond motifs is 1. The molecule has 26 heavy (non-hydrogen) atoms. The summed E-state index contributed by atoms with van der Waals surface area (Å²) < 4.78 is 10.8. The van der Waals surface area contributed by atoms with E-state index in [2.05, 4.69) is 10.3 Å². The normalized spacial score (nSPS) is 11.2. The molecule has 0 spiro atoms. The second kappa shape index (κ2) is 6.60. The molecule has 128 valence electrons. The maximum Gasteiger partial charge on any atom is 0.248 e. The summed E-state index contributed by atoms with van der Waals surface area (Å²) in [5.74, 6) is 0.556. The SMILES string of the molecule is O=C(/C=C/c1ccco1)Nc1ccc(O)c(-c2nc3ccccc3o2)c1. The van der Waals surface area contributed by atoms with Gasteiger partial charge in [-0.3, -0.25) is 4.79 Å². The van der Waals surface area contributed by atoms with Gasteiger partial charge in [0.05, 0.1) is 11.8 Å². The fourth-order valence-electron chi connectivity index (χ4n) is 2.50. The summed E-state index contributed by atoms with van der Waals surface area (Å²) in [6.07, 6.45) is 4.46. The molecule has 0 unspecified atom stereocenters. The molecule has 4 rings (SSSR count). The predicted molar refractivity (Wildman–Crippen MR) is 97.5 cm³/mol. The van der Waals surface area contributed by atoms with E-state index in [9.17, 15) is 9.90 Å². The highest BCUT2D eigenvalue weighted by molar-refractivity contribution is 6.02. The van der Waals surface area contributed by atoms with Crippen LogP contribution in [0.4, 0.5) is 5.69 Å². The third-order valence-corrected chi connectivity index (χ3v) is 3.73. The smallest absolute Gasteiger partial charge is 0.248 e. The van der Waals surface area contributed by atoms with Crippen LogP contribution < -0.4 is 5.32 Å². The van der Waals surface area contributed by atoms with Crippen LogP contribution in [0.1, 0.15) is 5.76 Å². The van der Waals surface area contributed by atoms with Gasteiger partial charge in [0.15, 0.2) is 5.58 Å². The van der Waals surface area contributed by atoms with Crippen molar-refractivity contribution in [1.82, 2.24) is 4.98 Å². The molecule has 0 aliphatic rings. The van der Waals surface area contributed by atoms with Crippen LogP contribution in [0.25, 0.3) is 28.6 Å². The van der Waals surface area contributed by atoms with E-state index >= 15 is 0 Å². The Morgan fingerprint density at radius 3 is 2.81 bits per heavy atom. The van der Waals surface area contributed by atoms with Gasteiger partial charge in [-0.2, -0.15) is 0 Å². The topological polar surface area (TPSA) is 88.5 Å². The summed E-state index contributed by atoms with van der Waals surface area (Å²) in [5.41, 5.74) is 2.22. The third kappa shape index (κ3) is 3.21. The number of phenols is 1. The van der Waals surface area contributed by atoms with E-state index in [4.69, 9.17) is 8.83 Å². The van der Waals surface area contributed by atoms with Gasteiger partial charge in [-0.25, -0.2) is 4.98 Å². The summed E-state index contributed by atoms with van der Waals surface area (Å²) in [7, 11) is 0. The number of carbonyl (C=O) groups excluding carboxylic acids is 1. The van der Waals surface area contributed by atoms with E-state index in [0.717, 1.165) is 0 Å². The molecule has 0 bridgehead atoms. The Morgan fingerprint density at radius 1 is 1.12 bits per heavy atom. The zero-order valence-electron chi connectivity index (χ0n) is 13.5. The lowest BCUT2D eigenvalue weighted by Crippen LogP contribution is -2.07. The van der Waals surface area contributed by atoms with Crippen molar-refractivity contribution in [3.63, 3.8) is 0 Å². The molecule has 0 saturated heterocycles. The lowest BCUT2D eigenvalue weighted by molar-refractivity contribution is -0.111. The van der Waals surface area contributed by atoms with E-state index in [1.165, 1.54) is 18.4 Å². The van der Waals surface area contributed by atoms with E-state index in [1.807, 2.05) is 18.2 Å². The average Bonchev–Trinajstić information content (AvgIpc) is 3.31. The van der Waals surface area contributed by atoms with Crippen LogP contribution in [0.3, 0.4) is 0 Å². The number of phenolic OH excluding ortho intramolecular Hbond substituents is 1. The molecule has 2 aromatic heterocycles. The first-order valence-corrected chi connectivity index (χ1v) is 7.90. The van der Waals surface area contributed by atoms with Crippen LogP contribution in [-0.4, -0.2) is 16.0 Å². The molecule has 0 radical (unpaired) electrons. The molecule has 0 fully saturated rings. The first-order chi connectivity index (χ1) is 12.7. The van der Waals surface area contributed by atoms with Gasteiger partial charge in [0.1, 0.15) is 17.0 Å². The van der Waals surface area contributed by atoms with E-state index in [1.54, 1.807) is 36.4 Å². The molecule has 0 saturated carbocycles. The van der Waals surface area contributed by atoms with Crippen LogP contribution in [-0.2, 0) is 4.79 Å². The van der Waals surface area contributed by atoms with Crippen LogP contribution >= 0.6 is 0 Å². The molecule has 1 amide bonds. The minimum atomic E-state index is -0.324. The predicted octanol–water partition coefficient (Wildman–Crippen LogP) is 4.45. The summed E-state index contributed by atoms with van der Waals surface area (Å²) in [5, 5.41) is 12.9. The number of carbonyl (C=O) groups is 1. The van der Waals surface area contributed by atoms with Crippen molar-refractivity contribution >= 4 is 28.8 Å². The highest BCUT2D eigenvalue weighted by Crippen LogP contribution is 2.33. The zero-order valence-corrected chi connectivity index (χ0v) is 13.5. The third-order valence-electron chi connectivity index (χ3n) is 3.73. The number of nitrogens with zero attached hydrogens (tertiary/aromatic N) is 1. The quantitative estimate of drug-likeness (QED) is 0.421. The largest absolute Gasteiger partial charge is 0.507 e. The van der Waals surface area contributed by atoms with Crippen LogP contribution in [0.2, 0.25) is 0 Å². The molecule has 0 atom stereocenters. The van der Waals surface area contributed by atoms with Crippen molar-refractivity contribution in [2.75, 3.05) is 5.32 Å². The summed E-state index contributed by atoms with van der Waals surface area (Å²) in [6, 6.07) is 15.5. The summed E-state index contributed by atoms with van der Waals surface area (Å²) >= 11 is 0. The van der Waals surface area contributed by atoms with Crippen LogP contribution in [0.5, 0.6) is 5.75 Å². The number of anilines is 1. The van der Waals surface area contributed by atoms with Crippen molar-refractivity contribution in [2.45, 2.75) is 0 Å².